The first-order chi connectivity index (χ1) is 10.2. The van der Waals surface area contributed by atoms with Crippen LogP contribution in [0.1, 0.15) is 16.9 Å². The smallest absolute Gasteiger partial charge is 0.224 e. The Morgan fingerprint density at radius 2 is 2.05 bits per heavy atom. The number of hydrogen-bond acceptors (Lipinski definition) is 4. The molecule has 1 aromatic carbocycles. The Kier molecular flexibility index (Phi) is 4.10. The van der Waals surface area contributed by atoms with Crippen LogP contribution in [0.15, 0.2) is 29.6 Å². The Morgan fingerprint density at radius 1 is 1.29 bits per heavy atom. The standard InChI is InChI=1S/C16H17NO3S/c1-11-9-14-15(20-7-6-19-14)10-13(11)17-16(18)5-4-12-3-2-8-21-12/h2-3,8-10H,4-7H2,1H3,(H,17,18). The second-order valence-corrected chi connectivity index (χ2v) is 5.97. The van der Waals surface area contributed by atoms with E-state index in [1.807, 2.05) is 36.6 Å². The second kappa shape index (κ2) is 6.18. The fraction of sp³-hybridized carbons (Fsp3) is 0.312. The van der Waals surface area contributed by atoms with Gasteiger partial charge in [-0.05, 0) is 36.4 Å². The molecule has 0 unspecified atom stereocenters. The van der Waals surface area contributed by atoms with Crippen molar-refractivity contribution >= 4 is 22.9 Å². The van der Waals surface area contributed by atoms with Crippen molar-refractivity contribution in [2.24, 2.45) is 0 Å². The van der Waals surface area contributed by atoms with Gasteiger partial charge in [0.05, 0.1) is 0 Å². The molecule has 0 atom stereocenters. The summed E-state index contributed by atoms with van der Waals surface area (Å²) in [5, 5.41) is 4.98. The van der Waals surface area contributed by atoms with Gasteiger partial charge in [0.25, 0.3) is 0 Å². The first kappa shape index (κ1) is 13.9. The summed E-state index contributed by atoms with van der Waals surface area (Å²) in [5.74, 6) is 1.46. The molecule has 110 valence electrons. The minimum atomic E-state index is 0.0168. The number of fused-ring (bicyclic) bond motifs is 1. The minimum absolute atomic E-state index is 0.0168. The summed E-state index contributed by atoms with van der Waals surface area (Å²) in [6, 6.07) is 7.80. The lowest BCUT2D eigenvalue weighted by atomic mass is 10.1. The third kappa shape index (κ3) is 3.36. The van der Waals surface area contributed by atoms with E-state index in [9.17, 15) is 4.79 Å². The summed E-state index contributed by atoms with van der Waals surface area (Å²) in [4.78, 5) is 13.3. The van der Waals surface area contributed by atoms with E-state index in [0.717, 1.165) is 23.4 Å². The van der Waals surface area contributed by atoms with Crippen LogP contribution in [0.4, 0.5) is 5.69 Å². The van der Waals surface area contributed by atoms with E-state index in [1.165, 1.54) is 4.88 Å². The van der Waals surface area contributed by atoms with Crippen LogP contribution in [0.2, 0.25) is 0 Å². The molecule has 0 saturated carbocycles. The van der Waals surface area contributed by atoms with Crippen LogP contribution in [0.25, 0.3) is 0 Å². The van der Waals surface area contributed by atoms with Crippen LogP contribution >= 0.6 is 11.3 Å². The number of rotatable bonds is 4. The highest BCUT2D eigenvalue weighted by Gasteiger charge is 2.15. The normalized spacial score (nSPS) is 13.0. The molecule has 1 aliphatic rings. The Morgan fingerprint density at radius 3 is 2.76 bits per heavy atom. The highest BCUT2D eigenvalue weighted by molar-refractivity contribution is 7.09. The Balaban J connectivity index is 1.65. The topological polar surface area (TPSA) is 47.6 Å². The van der Waals surface area contributed by atoms with Crippen molar-refractivity contribution in [3.8, 4) is 11.5 Å². The Hall–Kier alpha value is -2.01. The Labute approximate surface area is 127 Å². The average molecular weight is 303 g/mol. The van der Waals surface area contributed by atoms with Crippen molar-refractivity contribution in [3.63, 3.8) is 0 Å². The molecule has 0 radical (unpaired) electrons. The van der Waals surface area contributed by atoms with Crippen molar-refractivity contribution in [2.45, 2.75) is 19.8 Å². The van der Waals surface area contributed by atoms with Crippen molar-refractivity contribution < 1.29 is 14.3 Å². The van der Waals surface area contributed by atoms with Crippen LogP contribution in [0.5, 0.6) is 11.5 Å². The molecule has 21 heavy (non-hydrogen) atoms. The zero-order chi connectivity index (χ0) is 14.7. The van der Waals surface area contributed by atoms with Gasteiger partial charge in [0, 0.05) is 23.1 Å². The van der Waals surface area contributed by atoms with Crippen LogP contribution in [0, 0.1) is 6.92 Å². The van der Waals surface area contributed by atoms with E-state index < -0.39 is 0 Å². The lowest BCUT2D eigenvalue weighted by Gasteiger charge is -2.20. The summed E-state index contributed by atoms with van der Waals surface area (Å²) in [7, 11) is 0. The van der Waals surface area contributed by atoms with Gasteiger partial charge in [-0.25, -0.2) is 0 Å². The predicted octanol–water partition coefficient (Wildman–Crippen LogP) is 3.40. The first-order valence-electron chi connectivity index (χ1n) is 6.95. The molecule has 0 fully saturated rings. The second-order valence-electron chi connectivity index (χ2n) is 4.94. The van der Waals surface area contributed by atoms with Gasteiger partial charge in [-0.2, -0.15) is 0 Å². The number of hydrogen-bond donors (Lipinski definition) is 1. The zero-order valence-electron chi connectivity index (χ0n) is 11.8. The summed E-state index contributed by atoms with van der Waals surface area (Å²) < 4.78 is 11.1. The fourth-order valence-corrected chi connectivity index (χ4v) is 2.94. The number of carbonyl (C=O) groups excluding carboxylic acids is 1. The van der Waals surface area contributed by atoms with E-state index in [1.54, 1.807) is 11.3 Å². The minimum Gasteiger partial charge on any atom is -0.486 e. The van der Waals surface area contributed by atoms with Crippen LogP contribution < -0.4 is 14.8 Å². The van der Waals surface area contributed by atoms with Crippen LogP contribution in [-0.4, -0.2) is 19.1 Å². The largest absolute Gasteiger partial charge is 0.486 e. The van der Waals surface area contributed by atoms with Gasteiger partial charge in [-0.15, -0.1) is 11.3 Å². The summed E-state index contributed by atoms with van der Waals surface area (Å²) in [5.41, 5.74) is 1.76. The van der Waals surface area contributed by atoms with Gasteiger partial charge in [0.2, 0.25) is 5.91 Å². The molecule has 1 N–H and O–H groups in total. The summed E-state index contributed by atoms with van der Waals surface area (Å²) in [6.45, 7) is 3.06. The number of carbonyl (C=O) groups is 1. The van der Waals surface area contributed by atoms with Crippen molar-refractivity contribution in [3.05, 3.63) is 40.1 Å². The lowest BCUT2D eigenvalue weighted by molar-refractivity contribution is -0.116. The van der Waals surface area contributed by atoms with E-state index in [4.69, 9.17) is 9.47 Å². The molecule has 5 heteroatoms. The van der Waals surface area contributed by atoms with E-state index in [2.05, 4.69) is 5.32 Å². The Bertz CT molecular complexity index is 637. The van der Waals surface area contributed by atoms with E-state index in [-0.39, 0.29) is 5.91 Å². The monoisotopic (exact) mass is 303 g/mol. The van der Waals surface area contributed by atoms with Gasteiger partial charge in [0.1, 0.15) is 13.2 Å². The van der Waals surface area contributed by atoms with Gasteiger partial charge in [0.15, 0.2) is 11.5 Å². The number of amides is 1. The number of nitrogens with one attached hydrogen (secondary N) is 1. The fourth-order valence-electron chi connectivity index (χ4n) is 2.23. The van der Waals surface area contributed by atoms with Crippen LogP contribution in [0.3, 0.4) is 0 Å². The molecule has 1 amide bonds. The molecule has 3 rings (SSSR count). The maximum absolute atomic E-state index is 12.0. The number of anilines is 1. The molecule has 1 aliphatic heterocycles. The highest BCUT2D eigenvalue weighted by Crippen LogP contribution is 2.35. The molecule has 4 nitrogen and oxygen atoms in total. The molecule has 0 saturated heterocycles. The molecule has 2 aromatic rings. The van der Waals surface area contributed by atoms with Crippen molar-refractivity contribution in [1.82, 2.24) is 0 Å². The summed E-state index contributed by atoms with van der Waals surface area (Å²) in [6.07, 6.45) is 1.25. The first-order valence-corrected chi connectivity index (χ1v) is 7.83. The maximum Gasteiger partial charge on any atom is 0.224 e. The zero-order valence-corrected chi connectivity index (χ0v) is 12.7. The lowest BCUT2D eigenvalue weighted by Crippen LogP contribution is -2.17. The molecular weight excluding hydrogens is 286 g/mol. The maximum atomic E-state index is 12.0. The molecular formula is C16H17NO3S. The van der Waals surface area contributed by atoms with E-state index >= 15 is 0 Å². The number of aryl methyl sites for hydroxylation is 2. The molecule has 2 heterocycles. The van der Waals surface area contributed by atoms with Gasteiger partial charge in [-0.3, -0.25) is 4.79 Å². The van der Waals surface area contributed by atoms with Gasteiger partial charge < -0.3 is 14.8 Å². The van der Waals surface area contributed by atoms with Gasteiger partial charge in [-0.1, -0.05) is 6.07 Å². The molecule has 0 bridgehead atoms. The third-order valence-electron chi connectivity index (χ3n) is 3.34. The number of benzene rings is 1. The molecule has 1 aromatic heterocycles. The third-order valence-corrected chi connectivity index (χ3v) is 4.28. The molecule has 0 spiro atoms. The number of thiophene rings is 1. The molecule has 0 aliphatic carbocycles. The highest BCUT2D eigenvalue weighted by atomic mass is 32.1. The van der Waals surface area contributed by atoms with E-state index in [0.29, 0.717) is 25.4 Å². The summed E-state index contributed by atoms with van der Waals surface area (Å²) >= 11 is 1.68. The quantitative estimate of drug-likeness (QED) is 0.941. The SMILES string of the molecule is Cc1cc2c(cc1NC(=O)CCc1cccs1)OCCO2. The van der Waals surface area contributed by atoms with Crippen molar-refractivity contribution in [1.29, 1.82) is 0 Å². The van der Waals surface area contributed by atoms with Crippen LogP contribution in [-0.2, 0) is 11.2 Å². The van der Waals surface area contributed by atoms with Crippen molar-refractivity contribution in [2.75, 3.05) is 18.5 Å². The number of ether oxygens (including phenoxy) is 2. The average Bonchev–Trinajstić information content (AvgIpc) is 2.99. The van der Waals surface area contributed by atoms with Gasteiger partial charge >= 0.3 is 0 Å². The predicted molar refractivity (Wildman–Crippen MR) is 83.4 cm³/mol.